The Hall–Kier alpha value is -1.35. The van der Waals surface area contributed by atoms with Gasteiger partial charge >= 0.3 is 0 Å². The summed E-state index contributed by atoms with van der Waals surface area (Å²) in [6.07, 6.45) is 0.445. The molecule has 0 bridgehead atoms. The van der Waals surface area contributed by atoms with Gasteiger partial charge in [0, 0.05) is 13.5 Å². The van der Waals surface area contributed by atoms with Crippen LogP contribution in [0.25, 0.3) is 0 Å². The maximum atomic E-state index is 12.0. The van der Waals surface area contributed by atoms with Crippen LogP contribution in [0.1, 0.15) is 36.2 Å². The summed E-state index contributed by atoms with van der Waals surface area (Å²) in [6, 6.07) is 5.68. The highest BCUT2D eigenvalue weighted by Gasteiger charge is 2.13. The molecule has 0 saturated carbocycles. The number of carbonyl (C=O) groups excluding carboxylic acids is 1. The minimum Gasteiger partial charge on any atom is -0.490 e. The monoisotopic (exact) mass is 236 g/mol. The summed E-state index contributed by atoms with van der Waals surface area (Å²) in [4.78, 5) is 12.0. The van der Waals surface area contributed by atoms with E-state index in [1.165, 1.54) is 0 Å². The number of rotatable bonds is 6. The number of hydrogen-bond acceptors (Lipinski definition) is 3. The summed E-state index contributed by atoms with van der Waals surface area (Å²) >= 11 is 0. The summed E-state index contributed by atoms with van der Waals surface area (Å²) in [5.41, 5.74) is 1.71. The third-order valence-electron chi connectivity index (χ3n) is 2.33. The summed E-state index contributed by atoms with van der Waals surface area (Å²) < 4.78 is 10.6. The van der Waals surface area contributed by atoms with Crippen LogP contribution in [-0.2, 0) is 4.74 Å². The lowest BCUT2D eigenvalue weighted by Crippen LogP contribution is -2.11. The zero-order valence-corrected chi connectivity index (χ0v) is 10.9. The topological polar surface area (TPSA) is 35.5 Å². The maximum Gasteiger partial charge on any atom is 0.168 e. The molecule has 1 aromatic carbocycles. The molecule has 1 rings (SSSR count). The fourth-order valence-corrected chi connectivity index (χ4v) is 1.55. The Morgan fingerprint density at radius 1 is 1.35 bits per heavy atom. The molecule has 0 atom stereocenters. The summed E-state index contributed by atoms with van der Waals surface area (Å²) in [5, 5.41) is 0. The number of Topliss-reactive ketones (excluding diaryl/α,β-unsaturated/α-hetero) is 1. The predicted molar refractivity (Wildman–Crippen MR) is 67.8 cm³/mol. The third-order valence-corrected chi connectivity index (χ3v) is 2.33. The molecule has 0 unspecified atom stereocenters. The van der Waals surface area contributed by atoms with Crippen LogP contribution in [-0.4, -0.2) is 25.6 Å². The van der Waals surface area contributed by atoms with Crippen LogP contribution >= 0.6 is 0 Å². The number of carbonyl (C=O) groups is 1. The molecular weight excluding hydrogens is 216 g/mol. The number of hydrogen-bond donors (Lipinski definition) is 0. The van der Waals surface area contributed by atoms with Gasteiger partial charge in [-0.05, 0) is 32.9 Å². The lowest BCUT2D eigenvalue weighted by atomic mass is 10.0. The van der Waals surface area contributed by atoms with E-state index in [9.17, 15) is 4.79 Å². The predicted octanol–water partition coefficient (Wildman–Crippen LogP) is 3.00. The van der Waals surface area contributed by atoms with Gasteiger partial charge in [0.05, 0.1) is 18.3 Å². The van der Waals surface area contributed by atoms with Gasteiger partial charge in [0.1, 0.15) is 5.75 Å². The Morgan fingerprint density at radius 2 is 2.06 bits per heavy atom. The quantitative estimate of drug-likeness (QED) is 0.712. The van der Waals surface area contributed by atoms with E-state index < -0.39 is 0 Å². The molecule has 0 spiro atoms. The minimum absolute atomic E-state index is 0.0613. The molecule has 0 aliphatic heterocycles. The Bertz CT molecular complexity index is 383. The summed E-state index contributed by atoms with van der Waals surface area (Å²) in [6.45, 7) is 6.30. The number of aryl methyl sites for hydroxylation is 1. The molecule has 0 N–H and O–H groups in total. The van der Waals surface area contributed by atoms with Crippen LogP contribution in [0, 0.1) is 6.92 Å². The van der Waals surface area contributed by atoms with Crippen molar-refractivity contribution < 1.29 is 14.3 Å². The Morgan fingerprint density at radius 3 is 2.65 bits per heavy atom. The van der Waals surface area contributed by atoms with Crippen molar-refractivity contribution in [3.63, 3.8) is 0 Å². The first-order valence-corrected chi connectivity index (χ1v) is 5.84. The molecule has 0 saturated heterocycles. The third kappa shape index (κ3) is 4.19. The van der Waals surface area contributed by atoms with Crippen molar-refractivity contribution in [2.75, 3.05) is 13.7 Å². The molecule has 1 aromatic rings. The van der Waals surface area contributed by atoms with Gasteiger partial charge in [0.25, 0.3) is 0 Å². The highest BCUT2D eigenvalue weighted by molar-refractivity contribution is 5.98. The van der Waals surface area contributed by atoms with Crippen molar-refractivity contribution in [2.45, 2.75) is 33.3 Å². The van der Waals surface area contributed by atoms with Gasteiger partial charge in [0.15, 0.2) is 5.78 Å². The van der Waals surface area contributed by atoms with E-state index in [4.69, 9.17) is 9.47 Å². The SMILES string of the molecule is COCCC(=O)c1cc(C)ccc1OC(C)C. The average Bonchev–Trinajstić information content (AvgIpc) is 2.27. The van der Waals surface area contributed by atoms with E-state index in [0.717, 1.165) is 5.56 Å². The molecule has 0 amide bonds. The lowest BCUT2D eigenvalue weighted by Gasteiger charge is -2.14. The number of ether oxygens (including phenoxy) is 2. The smallest absolute Gasteiger partial charge is 0.168 e. The van der Waals surface area contributed by atoms with Gasteiger partial charge in [-0.3, -0.25) is 4.79 Å². The second kappa shape index (κ2) is 6.40. The van der Waals surface area contributed by atoms with Crippen molar-refractivity contribution in [3.05, 3.63) is 29.3 Å². The van der Waals surface area contributed by atoms with Crippen molar-refractivity contribution in [1.29, 1.82) is 0 Å². The zero-order valence-electron chi connectivity index (χ0n) is 10.9. The van der Waals surface area contributed by atoms with E-state index in [1.807, 2.05) is 39.0 Å². The standard InChI is InChI=1S/C14H20O3/c1-10(2)17-14-6-5-11(3)9-12(14)13(15)7-8-16-4/h5-6,9-10H,7-8H2,1-4H3. The van der Waals surface area contributed by atoms with Crippen LogP contribution in [0.15, 0.2) is 18.2 Å². The maximum absolute atomic E-state index is 12.0. The first-order valence-electron chi connectivity index (χ1n) is 5.84. The van der Waals surface area contributed by atoms with Crippen molar-refractivity contribution in [2.24, 2.45) is 0 Å². The molecule has 17 heavy (non-hydrogen) atoms. The summed E-state index contributed by atoms with van der Waals surface area (Å²) in [5.74, 6) is 0.720. The van der Waals surface area contributed by atoms with Crippen LogP contribution in [0.3, 0.4) is 0 Å². The molecule has 0 radical (unpaired) electrons. The molecular formula is C14H20O3. The molecule has 0 aliphatic carbocycles. The number of methoxy groups -OCH3 is 1. The molecule has 0 aliphatic rings. The van der Waals surface area contributed by atoms with Crippen molar-refractivity contribution >= 4 is 5.78 Å². The van der Waals surface area contributed by atoms with E-state index in [0.29, 0.717) is 24.3 Å². The normalized spacial score (nSPS) is 10.6. The Balaban J connectivity index is 2.93. The second-order valence-corrected chi connectivity index (χ2v) is 4.33. The van der Waals surface area contributed by atoms with Gasteiger partial charge < -0.3 is 9.47 Å². The van der Waals surface area contributed by atoms with Crippen LogP contribution in [0.5, 0.6) is 5.75 Å². The van der Waals surface area contributed by atoms with Gasteiger partial charge in [0.2, 0.25) is 0 Å². The van der Waals surface area contributed by atoms with Crippen LogP contribution < -0.4 is 4.74 Å². The fraction of sp³-hybridized carbons (Fsp3) is 0.500. The first kappa shape index (κ1) is 13.7. The Kier molecular flexibility index (Phi) is 5.16. The lowest BCUT2D eigenvalue weighted by molar-refractivity contribution is 0.0926. The Labute approximate surface area is 103 Å². The molecule has 0 aromatic heterocycles. The largest absolute Gasteiger partial charge is 0.490 e. The molecule has 94 valence electrons. The highest BCUT2D eigenvalue weighted by atomic mass is 16.5. The fourth-order valence-electron chi connectivity index (χ4n) is 1.55. The van der Waals surface area contributed by atoms with Crippen LogP contribution in [0.4, 0.5) is 0 Å². The van der Waals surface area contributed by atoms with Crippen LogP contribution in [0.2, 0.25) is 0 Å². The van der Waals surface area contributed by atoms with E-state index in [1.54, 1.807) is 7.11 Å². The average molecular weight is 236 g/mol. The van der Waals surface area contributed by atoms with Crippen molar-refractivity contribution in [3.8, 4) is 5.75 Å². The van der Waals surface area contributed by atoms with Gasteiger partial charge in [-0.15, -0.1) is 0 Å². The van der Waals surface area contributed by atoms with Gasteiger partial charge in [-0.2, -0.15) is 0 Å². The van der Waals surface area contributed by atoms with Gasteiger partial charge in [-0.1, -0.05) is 11.6 Å². The number of benzene rings is 1. The molecule has 3 heteroatoms. The summed E-state index contributed by atoms with van der Waals surface area (Å²) in [7, 11) is 1.59. The first-order chi connectivity index (χ1) is 8.04. The molecule has 3 nitrogen and oxygen atoms in total. The second-order valence-electron chi connectivity index (χ2n) is 4.33. The van der Waals surface area contributed by atoms with E-state index in [-0.39, 0.29) is 11.9 Å². The molecule has 0 fully saturated rings. The zero-order chi connectivity index (χ0) is 12.8. The molecule has 0 heterocycles. The van der Waals surface area contributed by atoms with Gasteiger partial charge in [-0.25, -0.2) is 0 Å². The highest BCUT2D eigenvalue weighted by Crippen LogP contribution is 2.22. The van der Waals surface area contributed by atoms with E-state index in [2.05, 4.69) is 0 Å². The van der Waals surface area contributed by atoms with E-state index >= 15 is 0 Å². The van der Waals surface area contributed by atoms with Crippen molar-refractivity contribution in [1.82, 2.24) is 0 Å². The minimum atomic E-state index is 0.0613. The number of ketones is 1.